The average Bonchev–Trinajstić information content (AvgIpc) is 2.39. The van der Waals surface area contributed by atoms with Crippen molar-refractivity contribution in [1.82, 2.24) is 0 Å². The van der Waals surface area contributed by atoms with E-state index in [1.807, 2.05) is 11.1 Å². The molecule has 0 aromatic heterocycles. The van der Waals surface area contributed by atoms with Gasteiger partial charge < -0.3 is 5.11 Å². The summed E-state index contributed by atoms with van der Waals surface area (Å²) in [6, 6.07) is 0. The standard InChI is InChI=1S/C16H23BrO2/c17-15-13-11-9-7-5-3-1-2-4-6-8-10-12-14-16(18)19/h2,4,13,15H,1,3,5,7,9-12,14H2,(H,18,19). The van der Waals surface area contributed by atoms with Crippen LogP contribution in [0.2, 0.25) is 0 Å². The lowest BCUT2D eigenvalue weighted by atomic mass is 10.1. The minimum Gasteiger partial charge on any atom is -0.481 e. The number of carboxylic acids is 1. The topological polar surface area (TPSA) is 37.3 Å². The van der Waals surface area contributed by atoms with E-state index in [0.29, 0.717) is 12.8 Å². The Morgan fingerprint density at radius 3 is 2.37 bits per heavy atom. The first-order valence-electron chi connectivity index (χ1n) is 6.87. The smallest absolute Gasteiger partial charge is 0.303 e. The second-order valence-electron chi connectivity index (χ2n) is 4.32. The molecule has 0 heterocycles. The van der Waals surface area contributed by atoms with Crippen LogP contribution in [0.5, 0.6) is 0 Å². The Morgan fingerprint density at radius 1 is 1.05 bits per heavy atom. The molecule has 1 N–H and O–H groups in total. The monoisotopic (exact) mass is 326 g/mol. The van der Waals surface area contributed by atoms with E-state index in [1.165, 1.54) is 25.7 Å². The van der Waals surface area contributed by atoms with E-state index in [1.54, 1.807) is 0 Å². The van der Waals surface area contributed by atoms with Gasteiger partial charge in [-0.2, -0.15) is 0 Å². The number of hydrogen-bond donors (Lipinski definition) is 1. The number of halogens is 1. The molecule has 0 radical (unpaired) electrons. The van der Waals surface area contributed by atoms with Crippen molar-refractivity contribution in [2.75, 3.05) is 0 Å². The quantitative estimate of drug-likeness (QED) is 0.450. The summed E-state index contributed by atoms with van der Waals surface area (Å²) in [5, 5.41) is 8.44. The molecular formula is C16H23BrO2. The molecule has 0 spiro atoms. The van der Waals surface area contributed by atoms with E-state index < -0.39 is 5.97 Å². The van der Waals surface area contributed by atoms with Crippen LogP contribution in [0.4, 0.5) is 0 Å². The van der Waals surface area contributed by atoms with Crippen LogP contribution in [0.25, 0.3) is 0 Å². The summed E-state index contributed by atoms with van der Waals surface area (Å²) < 4.78 is 0. The van der Waals surface area contributed by atoms with Crippen molar-refractivity contribution >= 4 is 21.9 Å². The van der Waals surface area contributed by atoms with E-state index >= 15 is 0 Å². The summed E-state index contributed by atoms with van der Waals surface area (Å²) in [6.07, 6.45) is 14.9. The van der Waals surface area contributed by atoms with Gasteiger partial charge in [0.15, 0.2) is 0 Å². The van der Waals surface area contributed by atoms with Crippen LogP contribution in [0, 0.1) is 11.8 Å². The van der Waals surface area contributed by atoms with Crippen LogP contribution in [-0.2, 0) is 4.79 Å². The molecule has 0 rings (SSSR count). The molecule has 0 saturated heterocycles. The summed E-state index contributed by atoms with van der Waals surface area (Å²) >= 11 is 3.26. The molecule has 0 aromatic rings. The fourth-order valence-electron chi connectivity index (χ4n) is 1.54. The highest BCUT2D eigenvalue weighted by Gasteiger charge is 1.92. The van der Waals surface area contributed by atoms with Gasteiger partial charge in [0.05, 0.1) is 0 Å². The lowest BCUT2D eigenvalue weighted by molar-refractivity contribution is -0.137. The van der Waals surface area contributed by atoms with Gasteiger partial charge in [0.1, 0.15) is 0 Å². The highest BCUT2D eigenvalue weighted by Crippen LogP contribution is 2.06. The molecule has 0 aliphatic heterocycles. The molecule has 2 nitrogen and oxygen atoms in total. The fourth-order valence-corrected chi connectivity index (χ4v) is 1.81. The predicted octanol–water partition coefficient (Wildman–Crippen LogP) is 5.05. The first-order chi connectivity index (χ1) is 9.27. The molecule has 0 aliphatic carbocycles. The highest BCUT2D eigenvalue weighted by atomic mass is 79.9. The van der Waals surface area contributed by atoms with Gasteiger partial charge in [-0.05, 0) is 43.2 Å². The number of unbranched alkanes of at least 4 members (excludes halogenated alkanes) is 6. The Bertz CT molecular complexity index is 334. The van der Waals surface area contributed by atoms with E-state index in [4.69, 9.17) is 5.11 Å². The Balaban J connectivity index is 3.29. The molecule has 0 aliphatic rings. The molecule has 0 fully saturated rings. The number of rotatable bonds is 10. The Morgan fingerprint density at radius 2 is 1.74 bits per heavy atom. The summed E-state index contributed by atoms with van der Waals surface area (Å²) in [7, 11) is 0. The van der Waals surface area contributed by atoms with Crippen LogP contribution < -0.4 is 0 Å². The summed E-state index contributed by atoms with van der Waals surface area (Å²) in [6.45, 7) is 0. The molecular weight excluding hydrogens is 304 g/mol. The van der Waals surface area contributed by atoms with Crippen LogP contribution in [0.3, 0.4) is 0 Å². The predicted molar refractivity (Wildman–Crippen MR) is 84.2 cm³/mol. The van der Waals surface area contributed by atoms with Crippen LogP contribution in [0.15, 0.2) is 23.2 Å². The van der Waals surface area contributed by atoms with Gasteiger partial charge in [0.2, 0.25) is 0 Å². The summed E-state index contributed by atoms with van der Waals surface area (Å²) in [4.78, 5) is 12.2. The van der Waals surface area contributed by atoms with Gasteiger partial charge in [-0.1, -0.05) is 52.8 Å². The normalized spacial score (nSPS) is 10.8. The molecule has 0 saturated carbocycles. The molecule has 0 unspecified atom stereocenters. The zero-order valence-corrected chi connectivity index (χ0v) is 13.0. The van der Waals surface area contributed by atoms with Crippen molar-refractivity contribution < 1.29 is 9.90 Å². The maximum Gasteiger partial charge on any atom is 0.303 e. The van der Waals surface area contributed by atoms with Crippen molar-refractivity contribution in [1.29, 1.82) is 0 Å². The SMILES string of the molecule is O=C(O)CCCC#CC=CCCCCCCC=CBr. The lowest BCUT2D eigenvalue weighted by Crippen LogP contribution is -1.92. The maximum absolute atomic E-state index is 10.2. The van der Waals surface area contributed by atoms with Crippen molar-refractivity contribution in [3.8, 4) is 11.8 Å². The molecule has 0 aromatic carbocycles. The Labute approximate surface area is 125 Å². The molecule has 19 heavy (non-hydrogen) atoms. The molecule has 3 heteroatoms. The molecule has 0 bridgehead atoms. The van der Waals surface area contributed by atoms with Crippen molar-refractivity contribution in [2.24, 2.45) is 0 Å². The van der Waals surface area contributed by atoms with E-state index in [0.717, 1.165) is 12.8 Å². The van der Waals surface area contributed by atoms with Crippen molar-refractivity contribution in [3.05, 3.63) is 23.2 Å². The van der Waals surface area contributed by atoms with E-state index in [2.05, 4.69) is 39.9 Å². The molecule has 0 amide bonds. The molecule has 106 valence electrons. The zero-order valence-electron chi connectivity index (χ0n) is 11.4. The number of carboxylic acid groups (broad SMARTS) is 1. The third-order valence-electron chi connectivity index (χ3n) is 2.58. The van der Waals surface area contributed by atoms with Gasteiger partial charge >= 0.3 is 5.97 Å². The van der Waals surface area contributed by atoms with Crippen molar-refractivity contribution in [3.63, 3.8) is 0 Å². The van der Waals surface area contributed by atoms with Gasteiger partial charge in [0, 0.05) is 12.8 Å². The second-order valence-corrected chi connectivity index (χ2v) is 4.85. The third kappa shape index (κ3) is 17.0. The minimum absolute atomic E-state index is 0.211. The number of aliphatic carboxylic acids is 1. The van der Waals surface area contributed by atoms with Crippen molar-refractivity contribution in [2.45, 2.75) is 57.8 Å². The van der Waals surface area contributed by atoms with Gasteiger partial charge in [0.25, 0.3) is 0 Å². The number of allylic oxidation sites excluding steroid dienone is 3. The third-order valence-corrected chi connectivity index (χ3v) is 2.95. The number of hydrogen-bond acceptors (Lipinski definition) is 1. The van der Waals surface area contributed by atoms with Gasteiger partial charge in [-0.15, -0.1) is 0 Å². The summed E-state index contributed by atoms with van der Waals surface area (Å²) in [5.41, 5.74) is 0. The lowest BCUT2D eigenvalue weighted by Gasteiger charge is -1.95. The van der Waals surface area contributed by atoms with Gasteiger partial charge in [-0.3, -0.25) is 4.79 Å². The first kappa shape index (κ1) is 18.0. The van der Waals surface area contributed by atoms with E-state index in [9.17, 15) is 4.79 Å². The highest BCUT2D eigenvalue weighted by molar-refractivity contribution is 9.11. The fraction of sp³-hybridized carbons (Fsp3) is 0.562. The van der Waals surface area contributed by atoms with E-state index in [-0.39, 0.29) is 6.42 Å². The van der Waals surface area contributed by atoms with Crippen LogP contribution >= 0.6 is 15.9 Å². The van der Waals surface area contributed by atoms with Gasteiger partial charge in [-0.25, -0.2) is 0 Å². The van der Waals surface area contributed by atoms with Crippen LogP contribution in [-0.4, -0.2) is 11.1 Å². The second kappa shape index (κ2) is 15.0. The number of carbonyl (C=O) groups is 1. The molecule has 0 atom stereocenters. The Hall–Kier alpha value is -1.01. The first-order valence-corrected chi connectivity index (χ1v) is 7.79. The largest absolute Gasteiger partial charge is 0.481 e. The minimum atomic E-state index is -0.746. The summed E-state index contributed by atoms with van der Waals surface area (Å²) in [5.74, 6) is 5.15. The van der Waals surface area contributed by atoms with Crippen LogP contribution in [0.1, 0.15) is 57.8 Å². The average molecular weight is 327 g/mol. The maximum atomic E-state index is 10.2. The Kier molecular flexibility index (Phi) is 14.2. The zero-order chi connectivity index (χ0) is 14.2.